The lowest BCUT2D eigenvalue weighted by Crippen LogP contribution is -2.26. The van der Waals surface area contributed by atoms with E-state index < -0.39 is 11.5 Å². The van der Waals surface area contributed by atoms with Crippen molar-refractivity contribution in [2.45, 2.75) is 27.3 Å². The molecule has 0 unspecified atom stereocenters. The van der Waals surface area contributed by atoms with Crippen molar-refractivity contribution >= 4 is 5.97 Å². The fourth-order valence-electron chi connectivity index (χ4n) is 2.21. The first-order valence-electron chi connectivity index (χ1n) is 6.50. The van der Waals surface area contributed by atoms with E-state index >= 15 is 0 Å². The van der Waals surface area contributed by atoms with Crippen molar-refractivity contribution in [1.82, 2.24) is 4.57 Å². The Bertz CT molecular complexity index is 729. The van der Waals surface area contributed by atoms with Gasteiger partial charge in [-0.1, -0.05) is 12.1 Å². The van der Waals surface area contributed by atoms with Gasteiger partial charge in [0.05, 0.1) is 5.69 Å². The van der Waals surface area contributed by atoms with Crippen molar-refractivity contribution < 1.29 is 9.90 Å². The Morgan fingerprint density at radius 2 is 1.85 bits per heavy atom. The molecule has 2 rings (SSSR count). The minimum absolute atomic E-state index is 0.195. The topological polar surface area (TPSA) is 59.3 Å². The summed E-state index contributed by atoms with van der Waals surface area (Å²) in [6.07, 6.45) is 0. The highest BCUT2D eigenvalue weighted by Crippen LogP contribution is 2.21. The van der Waals surface area contributed by atoms with Crippen molar-refractivity contribution in [3.8, 4) is 11.3 Å². The summed E-state index contributed by atoms with van der Waals surface area (Å²) in [5.74, 6) is -1.19. The number of carbonyl (C=O) groups is 1. The molecule has 0 saturated carbocycles. The molecule has 2 aromatic rings. The highest BCUT2D eigenvalue weighted by atomic mass is 16.4. The molecule has 0 saturated heterocycles. The van der Waals surface area contributed by atoms with Crippen LogP contribution in [0.5, 0.6) is 0 Å². The first kappa shape index (κ1) is 14.1. The summed E-state index contributed by atoms with van der Waals surface area (Å²) < 4.78 is 1.49. The van der Waals surface area contributed by atoms with Crippen LogP contribution in [0.25, 0.3) is 11.3 Å². The van der Waals surface area contributed by atoms with E-state index in [1.807, 2.05) is 39.0 Å². The SMILES string of the molecule is CCn1c(-c2ccc(C)c(C)c2)ccc(C(=O)O)c1=O. The molecule has 4 heteroatoms. The summed E-state index contributed by atoms with van der Waals surface area (Å²) in [7, 11) is 0. The lowest BCUT2D eigenvalue weighted by atomic mass is 10.0. The standard InChI is InChI=1S/C16H17NO3/c1-4-17-14(8-7-13(15(17)18)16(19)20)12-6-5-10(2)11(3)9-12/h5-9H,4H2,1-3H3,(H,19,20). The van der Waals surface area contributed by atoms with Gasteiger partial charge in [-0.15, -0.1) is 0 Å². The van der Waals surface area contributed by atoms with E-state index in [1.54, 1.807) is 6.07 Å². The maximum Gasteiger partial charge on any atom is 0.341 e. The van der Waals surface area contributed by atoms with Gasteiger partial charge in [-0.2, -0.15) is 0 Å². The highest BCUT2D eigenvalue weighted by molar-refractivity contribution is 5.87. The van der Waals surface area contributed by atoms with Crippen LogP contribution in [-0.2, 0) is 6.54 Å². The molecule has 20 heavy (non-hydrogen) atoms. The van der Waals surface area contributed by atoms with Crippen LogP contribution in [0.1, 0.15) is 28.4 Å². The van der Waals surface area contributed by atoms with E-state index in [9.17, 15) is 9.59 Å². The minimum atomic E-state index is -1.19. The average Bonchev–Trinajstić information content (AvgIpc) is 2.41. The second kappa shape index (κ2) is 5.33. The number of hydrogen-bond donors (Lipinski definition) is 1. The summed E-state index contributed by atoms with van der Waals surface area (Å²) in [4.78, 5) is 23.2. The van der Waals surface area contributed by atoms with E-state index in [4.69, 9.17) is 5.11 Å². The predicted octanol–water partition coefficient (Wildman–Crippen LogP) is 2.85. The smallest absolute Gasteiger partial charge is 0.341 e. The second-order valence-electron chi connectivity index (χ2n) is 4.79. The van der Waals surface area contributed by atoms with Crippen LogP contribution in [0.15, 0.2) is 35.1 Å². The van der Waals surface area contributed by atoms with Crippen LogP contribution in [0, 0.1) is 13.8 Å². The summed E-state index contributed by atoms with van der Waals surface area (Å²) in [5.41, 5.74) is 3.32. The lowest BCUT2D eigenvalue weighted by Gasteiger charge is -2.13. The van der Waals surface area contributed by atoms with Crippen molar-refractivity contribution in [1.29, 1.82) is 0 Å². The zero-order valence-electron chi connectivity index (χ0n) is 11.8. The fourth-order valence-corrected chi connectivity index (χ4v) is 2.21. The summed E-state index contributed by atoms with van der Waals surface area (Å²) in [6, 6.07) is 9.03. The molecule has 0 fully saturated rings. The number of hydrogen-bond acceptors (Lipinski definition) is 2. The monoisotopic (exact) mass is 271 g/mol. The number of aromatic nitrogens is 1. The number of aryl methyl sites for hydroxylation is 2. The Kier molecular flexibility index (Phi) is 3.74. The Morgan fingerprint density at radius 1 is 1.15 bits per heavy atom. The molecule has 1 N–H and O–H groups in total. The second-order valence-corrected chi connectivity index (χ2v) is 4.79. The molecule has 0 spiro atoms. The van der Waals surface area contributed by atoms with Gasteiger partial charge < -0.3 is 9.67 Å². The Balaban J connectivity index is 2.68. The van der Waals surface area contributed by atoms with E-state index in [0.29, 0.717) is 6.54 Å². The van der Waals surface area contributed by atoms with Gasteiger partial charge in [0, 0.05) is 6.54 Å². The molecule has 0 aliphatic heterocycles. The zero-order chi connectivity index (χ0) is 14.9. The fraction of sp³-hybridized carbons (Fsp3) is 0.250. The van der Waals surface area contributed by atoms with Gasteiger partial charge in [-0.05, 0) is 55.7 Å². The predicted molar refractivity (Wildman–Crippen MR) is 78.2 cm³/mol. The number of carboxylic acids is 1. The average molecular weight is 271 g/mol. The summed E-state index contributed by atoms with van der Waals surface area (Å²) in [6.45, 7) is 6.30. The van der Waals surface area contributed by atoms with Crippen molar-refractivity contribution in [2.24, 2.45) is 0 Å². The van der Waals surface area contributed by atoms with Gasteiger partial charge >= 0.3 is 5.97 Å². The number of aromatic carboxylic acids is 1. The Hall–Kier alpha value is -2.36. The van der Waals surface area contributed by atoms with E-state index in [0.717, 1.165) is 16.8 Å². The van der Waals surface area contributed by atoms with Gasteiger partial charge in [0.15, 0.2) is 0 Å². The largest absolute Gasteiger partial charge is 0.477 e. The number of pyridine rings is 1. The van der Waals surface area contributed by atoms with Crippen LogP contribution in [0.2, 0.25) is 0 Å². The molecule has 1 aromatic carbocycles. The molecule has 0 amide bonds. The third-order valence-electron chi connectivity index (χ3n) is 3.52. The molecule has 0 atom stereocenters. The van der Waals surface area contributed by atoms with Crippen molar-refractivity contribution in [2.75, 3.05) is 0 Å². The van der Waals surface area contributed by atoms with Gasteiger partial charge in [0.2, 0.25) is 0 Å². The van der Waals surface area contributed by atoms with Crippen molar-refractivity contribution in [3.05, 3.63) is 57.4 Å². The van der Waals surface area contributed by atoms with Gasteiger partial charge in [0.1, 0.15) is 5.56 Å². The molecule has 0 radical (unpaired) electrons. The van der Waals surface area contributed by atoms with Crippen LogP contribution in [0.4, 0.5) is 0 Å². The molecule has 1 heterocycles. The minimum Gasteiger partial charge on any atom is -0.477 e. The van der Waals surface area contributed by atoms with E-state index in [-0.39, 0.29) is 5.56 Å². The van der Waals surface area contributed by atoms with Gasteiger partial charge in [0.25, 0.3) is 5.56 Å². The summed E-state index contributed by atoms with van der Waals surface area (Å²) in [5, 5.41) is 9.01. The number of rotatable bonds is 3. The van der Waals surface area contributed by atoms with Gasteiger partial charge in [-0.25, -0.2) is 4.79 Å². The maximum absolute atomic E-state index is 12.2. The quantitative estimate of drug-likeness (QED) is 0.933. The van der Waals surface area contributed by atoms with Crippen LogP contribution in [0.3, 0.4) is 0 Å². The number of carboxylic acid groups (broad SMARTS) is 1. The first-order valence-corrected chi connectivity index (χ1v) is 6.50. The lowest BCUT2D eigenvalue weighted by molar-refractivity contribution is 0.0694. The summed E-state index contributed by atoms with van der Waals surface area (Å²) >= 11 is 0. The van der Waals surface area contributed by atoms with E-state index in [1.165, 1.54) is 16.2 Å². The number of benzene rings is 1. The van der Waals surface area contributed by atoms with E-state index in [2.05, 4.69) is 0 Å². The Labute approximate surface area is 117 Å². The van der Waals surface area contributed by atoms with Gasteiger partial charge in [-0.3, -0.25) is 4.79 Å². The highest BCUT2D eigenvalue weighted by Gasteiger charge is 2.14. The van der Waals surface area contributed by atoms with Crippen LogP contribution < -0.4 is 5.56 Å². The molecule has 1 aromatic heterocycles. The first-order chi connectivity index (χ1) is 9.45. The van der Waals surface area contributed by atoms with Crippen LogP contribution >= 0.6 is 0 Å². The zero-order valence-corrected chi connectivity index (χ0v) is 11.8. The molecule has 0 bridgehead atoms. The third kappa shape index (κ3) is 2.37. The number of nitrogens with zero attached hydrogens (tertiary/aromatic N) is 1. The molecular formula is C16H17NO3. The molecule has 0 aliphatic carbocycles. The molecule has 104 valence electrons. The normalized spacial score (nSPS) is 10.6. The van der Waals surface area contributed by atoms with Crippen molar-refractivity contribution in [3.63, 3.8) is 0 Å². The Morgan fingerprint density at radius 3 is 2.40 bits per heavy atom. The molecule has 4 nitrogen and oxygen atoms in total. The molecule has 0 aliphatic rings. The van der Waals surface area contributed by atoms with Crippen LogP contribution in [-0.4, -0.2) is 15.6 Å². The maximum atomic E-state index is 12.2. The third-order valence-corrected chi connectivity index (χ3v) is 3.52. The molecular weight excluding hydrogens is 254 g/mol.